The van der Waals surface area contributed by atoms with Gasteiger partial charge < -0.3 is 15.4 Å². The summed E-state index contributed by atoms with van der Waals surface area (Å²) in [6.45, 7) is 1.90. The zero-order chi connectivity index (χ0) is 12.1. The number of carbonyl (C=O) groups excluding carboxylic acids is 1. The van der Waals surface area contributed by atoms with Gasteiger partial charge in [0.2, 0.25) is 0 Å². The van der Waals surface area contributed by atoms with Crippen LogP contribution < -0.4 is 15.4 Å². The maximum Gasteiger partial charge on any atom is 0.251 e. The number of piperidine rings is 1. The first kappa shape index (κ1) is 14.8. The molecule has 0 bridgehead atoms. The molecule has 1 aliphatic heterocycles. The standard InChI is InChI=1S/C13H18N2O2.ClH/c1-17-12-6-2-4-10(8-12)13(16)15-11-5-3-7-14-9-11;/h2,4,6,8,11,14H,3,5,7,9H2,1H3,(H,15,16);1H/t11-;/m1./s1. The highest BCUT2D eigenvalue weighted by Crippen LogP contribution is 2.13. The summed E-state index contributed by atoms with van der Waals surface area (Å²) in [7, 11) is 1.60. The largest absolute Gasteiger partial charge is 0.497 e. The van der Waals surface area contributed by atoms with E-state index in [0.717, 1.165) is 25.9 Å². The summed E-state index contributed by atoms with van der Waals surface area (Å²) in [5, 5.41) is 6.30. The van der Waals surface area contributed by atoms with E-state index in [2.05, 4.69) is 10.6 Å². The Hall–Kier alpha value is -1.26. The van der Waals surface area contributed by atoms with Gasteiger partial charge in [0.05, 0.1) is 7.11 Å². The number of carbonyl (C=O) groups is 1. The van der Waals surface area contributed by atoms with Crippen LogP contribution in [0.1, 0.15) is 23.2 Å². The third-order valence-corrected chi connectivity index (χ3v) is 2.96. The van der Waals surface area contributed by atoms with Gasteiger partial charge in [-0.3, -0.25) is 4.79 Å². The monoisotopic (exact) mass is 270 g/mol. The van der Waals surface area contributed by atoms with Crippen LogP contribution in [0.4, 0.5) is 0 Å². The minimum Gasteiger partial charge on any atom is -0.497 e. The number of hydrogen-bond acceptors (Lipinski definition) is 3. The van der Waals surface area contributed by atoms with Gasteiger partial charge in [0.1, 0.15) is 5.75 Å². The summed E-state index contributed by atoms with van der Waals surface area (Å²) in [5.74, 6) is 0.678. The van der Waals surface area contributed by atoms with Gasteiger partial charge in [-0.1, -0.05) is 6.07 Å². The molecule has 0 aliphatic carbocycles. The third kappa shape index (κ3) is 3.89. The predicted molar refractivity (Wildman–Crippen MR) is 73.6 cm³/mol. The van der Waals surface area contributed by atoms with E-state index in [4.69, 9.17) is 4.74 Å². The predicted octanol–water partition coefficient (Wildman–Crippen LogP) is 1.60. The minimum absolute atomic E-state index is 0. The number of amides is 1. The van der Waals surface area contributed by atoms with E-state index in [0.29, 0.717) is 11.3 Å². The van der Waals surface area contributed by atoms with Crippen LogP contribution in [-0.4, -0.2) is 32.1 Å². The maximum absolute atomic E-state index is 12.0. The van der Waals surface area contributed by atoms with E-state index in [1.54, 1.807) is 19.2 Å². The molecule has 1 atom stereocenters. The highest BCUT2D eigenvalue weighted by atomic mass is 35.5. The van der Waals surface area contributed by atoms with Gasteiger partial charge in [-0.15, -0.1) is 12.4 Å². The SMILES string of the molecule is COc1cccc(C(=O)N[C@@H]2CCCNC2)c1.Cl. The van der Waals surface area contributed by atoms with Crippen molar-refractivity contribution in [1.29, 1.82) is 0 Å². The van der Waals surface area contributed by atoms with Gasteiger partial charge in [0.25, 0.3) is 5.91 Å². The lowest BCUT2D eigenvalue weighted by atomic mass is 10.1. The molecule has 18 heavy (non-hydrogen) atoms. The van der Waals surface area contributed by atoms with Crippen molar-refractivity contribution in [2.24, 2.45) is 0 Å². The first-order valence-corrected chi connectivity index (χ1v) is 5.95. The molecule has 1 amide bonds. The molecular formula is C13H19ClN2O2. The molecule has 4 nitrogen and oxygen atoms in total. The minimum atomic E-state index is -0.0300. The summed E-state index contributed by atoms with van der Waals surface area (Å²) in [5.41, 5.74) is 0.648. The summed E-state index contributed by atoms with van der Waals surface area (Å²) in [6.07, 6.45) is 2.16. The van der Waals surface area contributed by atoms with Crippen molar-refractivity contribution < 1.29 is 9.53 Å². The van der Waals surface area contributed by atoms with Crippen LogP contribution in [0.2, 0.25) is 0 Å². The molecule has 0 unspecified atom stereocenters. The first-order valence-electron chi connectivity index (χ1n) is 5.95. The second kappa shape index (κ2) is 7.24. The Morgan fingerprint density at radius 3 is 3.00 bits per heavy atom. The van der Waals surface area contributed by atoms with Crippen molar-refractivity contribution in [3.8, 4) is 5.75 Å². The summed E-state index contributed by atoms with van der Waals surface area (Å²) >= 11 is 0. The molecule has 1 fully saturated rings. The molecule has 0 spiro atoms. The van der Waals surface area contributed by atoms with Crippen molar-refractivity contribution in [2.75, 3.05) is 20.2 Å². The molecule has 0 saturated carbocycles. The fourth-order valence-electron chi connectivity index (χ4n) is 2.01. The fourth-order valence-corrected chi connectivity index (χ4v) is 2.01. The second-order valence-corrected chi connectivity index (χ2v) is 4.25. The fraction of sp³-hybridized carbons (Fsp3) is 0.462. The Morgan fingerprint density at radius 2 is 2.33 bits per heavy atom. The lowest BCUT2D eigenvalue weighted by molar-refractivity contribution is 0.0930. The van der Waals surface area contributed by atoms with Crippen LogP contribution in [0.5, 0.6) is 5.75 Å². The topological polar surface area (TPSA) is 50.4 Å². The van der Waals surface area contributed by atoms with E-state index in [1.807, 2.05) is 12.1 Å². The number of benzene rings is 1. The molecule has 1 aliphatic rings. The van der Waals surface area contributed by atoms with Crippen molar-refractivity contribution in [3.05, 3.63) is 29.8 Å². The van der Waals surface area contributed by atoms with E-state index in [1.165, 1.54) is 0 Å². The average molecular weight is 271 g/mol. The zero-order valence-corrected chi connectivity index (χ0v) is 11.3. The molecule has 0 aromatic heterocycles. The lowest BCUT2D eigenvalue weighted by Gasteiger charge is -2.23. The van der Waals surface area contributed by atoms with Crippen molar-refractivity contribution in [1.82, 2.24) is 10.6 Å². The Kier molecular flexibility index (Phi) is 5.95. The van der Waals surface area contributed by atoms with Gasteiger partial charge in [-0.05, 0) is 37.6 Å². The van der Waals surface area contributed by atoms with Crippen LogP contribution in [0.15, 0.2) is 24.3 Å². The number of nitrogens with one attached hydrogen (secondary N) is 2. The smallest absolute Gasteiger partial charge is 0.251 e. The van der Waals surface area contributed by atoms with Gasteiger partial charge in [-0.25, -0.2) is 0 Å². The molecule has 2 N–H and O–H groups in total. The number of halogens is 1. The Bertz CT molecular complexity index is 392. The lowest BCUT2D eigenvalue weighted by Crippen LogP contribution is -2.45. The quantitative estimate of drug-likeness (QED) is 0.877. The van der Waals surface area contributed by atoms with Crippen LogP contribution in [0.25, 0.3) is 0 Å². The average Bonchev–Trinajstić information content (AvgIpc) is 2.40. The molecule has 1 aromatic rings. The van der Waals surface area contributed by atoms with E-state index >= 15 is 0 Å². The molecule has 100 valence electrons. The van der Waals surface area contributed by atoms with Crippen LogP contribution in [-0.2, 0) is 0 Å². The number of ether oxygens (including phenoxy) is 1. The van der Waals surface area contributed by atoms with Gasteiger partial charge in [0.15, 0.2) is 0 Å². The third-order valence-electron chi connectivity index (χ3n) is 2.96. The second-order valence-electron chi connectivity index (χ2n) is 4.25. The van der Waals surface area contributed by atoms with E-state index in [9.17, 15) is 4.79 Å². The maximum atomic E-state index is 12.0. The first-order chi connectivity index (χ1) is 8.29. The van der Waals surface area contributed by atoms with Crippen LogP contribution in [0.3, 0.4) is 0 Å². The number of methoxy groups -OCH3 is 1. The summed E-state index contributed by atoms with van der Waals surface area (Å²) < 4.78 is 5.10. The Balaban J connectivity index is 0.00000162. The summed E-state index contributed by atoms with van der Waals surface area (Å²) in [6, 6.07) is 7.45. The number of rotatable bonds is 3. The summed E-state index contributed by atoms with van der Waals surface area (Å²) in [4.78, 5) is 12.0. The van der Waals surface area contributed by atoms with E-state index < -0.39 is 0 Å². The highest BCUT2D eigenvalue weighted by molar-refractivity contribution is 5.94. The molecule has 0 radical (unpaired) electrons. The molecule has 1 saturated heterocycles. The van der Waals surface area contributed by atoms with Gasteiger partial charge >= 0.3 is 0 Å². The van der Waals surface area contributed by atoms with E-state index in [-0.39, 0.29) is 24.4 Å². The van der Waals surface area contributed by atoms with Crippen molar-refractivity contribution >= 4 is 18.3 Å². The molecule has 1 aromatic carbocycles. The molecule has 1 heterocycles. The number of hydrogen-bond donors (Lipinski definition) is 2. The normalized spacial score (nSPS) is 18.6. The molecular weight excluding hydrogens is 252 g/mol. The van der Waals surface area contributed by atoms with Gasteiger partial charge in [0, 0.05) is 18.2 Å². The zero-order valence-electron chi connectivity index (χ0n) is 10.4. The molecule has 2 rings (SSSR count). The van der Waals surface area contributed by atoms with Crippen LogP contribution in [0, 0.1) is 0 Å². The molecule has 5 heteroatoms. The van der Waals surface area contributed by atoms with Crippen LogP contribution >= 0.6 is 12.4 Å². The highest BCUT2D eigenvalue weighted by Gasteiger charge is 2.16. The van der Waals surface area contributed by atoms with Crippen molar-refractivity contribution in [3.63, 3.8) is 0 Å². The Labute approximate surface area is 114 Å². The van der Waals surface area contributed by atoms with Gasteiger partial charge in [-0.2, -0.15) is 0 Å². The Morgan fingerprint density at radius 1 is 1.50 bits per heavy atom. The van der Waals surface area contributed by atoms with Crippen molar-refractivity contribution in [2.45, 2.75) is 18.9 Å².